The number of carbonyl (C=O) groups is 2. The average molecular weight is 498 g/mol. The molecule has 0 bridgehead atoms. The highest BCUT2D eigenvalue weighted by Gasteiger charge is 2.44. The first-order valence-electron chi connectivity index (χ1n) is 11.8. The van der Waals surface area contributed by atoms with Gasteiger partial charge < -0.3 is 15.1 Å². The van der Waals surface area contributed by atoms with E-state index in [1.54, 1.807) is 11.1 Å². The first-order chi connectivity index (χ1) is 16.5. The number of pyridine rings is 1. The molecule has 1 aliphatic carbocycles. The summed E-state index contributed by atoms with van der Waals surface area (Å²) in [5.74, 6) is 0.982. The van der Waals surface area contributed by atoms with Crippen molar-refractivity contribution in [1.82, 2.24) is 20.1 Å². The molecule has 3 fully saturated rings. The van der Waals surface area contributed by atoms with Gasteiger partial charge in [-0.25, -0.2) is 4.98 Å². The standard InChI is InChI=1S/C25H28ClN5O2S/c26-19-7-4-17(5-8-19)16-31-24(33)20-9-6-18(15-21(20)28-25(31)34)23(32)30-13-11-29(12-14-30)22-3-1-2-10-27-22/h1-5,7-8,10,18,20-21H,6,9,11-16H2,(H,28,34). The van der Waals surface area contributed by atoms with E-state index in [9.17, 15) is 9.59 Å². The van der Waals surface area contributed by atoms with Gasteiger partial charge in [-0.2, -0.15) is 0 Å². The summed E-state index contributed by atoms with van der Waals surface area (Å²) >= 11 is 11.5. The molecule has 1 saturated carbocycles. The van der Waals surface area contributed by atoms with Gasteiger partial charge in [0.25, 0.3) is 0 Å². The van der Waals surface area contributed by atoms with Crippen LogP contribution in [0.25, 0.3) is 0 Å². The Kier molecular flexibility index (Phi) is 6.70. The first kappa shape index (κ1) is 23.1. The van der Waals surface area contributed by atoms with E-state index >= 15 is 0 Å². The molecular weight excluding hydrogens is 470 g/mol. The lowest BCUT2D eigenvalue weighted by molar-refractivity contribution is -0.142. The van der Waals surface area contributed by atoms with Crippen molar-refractivity contribution in [3.63, 3.8) is 0 Å². The average Bonchev–Trinajstić information content (AvgIpc) is 2.87. The van der Waals surface area contributed by atoms with Crippen molar-refractivity contribution in [2.45, 2.75) is 31.8 Å². The van der Waals surface area contributed by atoms with Crippen LogP contribution in [0.1, 0.15) is 24.8 Å². The number of thiocarbonyl (C=S) groups is 1. The summed E-state index contributed by atoms with van der Waals surface area (Å²) in [6.45, 7) is 3.37. The maximum absolute atomic E-state index is 13.3. The quantitative estimate of drug-likeness (QED) is 0.655. The van der Waals surface area contributed by atoms with Crippen LogP contribution in [0.2, 0.25) is 5.02 Å². The van der Waals surface area contributed by atoms with E-state index in [-0.39, 0.29) is 29.7 Å². The van der Waals surface area contributed by atoms with E-state index in [0.29, 0.717) is 42.6 Å². The molecule has 3 unspecified atom stereocenters. The van der Waals surface area contributed by atoms with Gasteiger partial charge in [0, 0.05) is 49.4 Å². The zero-order valence-corrected chi connectivity index (χ0v) is 20.5. The van der Waals surface area contributed by atoms with E-state index in [4.69, 9.17) is 23.8 Å². The highest BCUT2D eigenvalue weighted by Crippen LogP contribution is 2.35. The predicted octanol–water partition coefficient (Wildman–Crippen LogP) is 3.09. The number of aromatic nitrogens is 1. The molecule has 2 amide bonds. The monoisotopic (exact) mass is 497 g/mol. The van der Waals surface area contributed by atoms with Gasteiger partial charge in [-0.1, -0.05) is 29.8 Å². The van der Waals surface area contributed by atoms with Crippen molar-refractivity contribution < 1.29 is 9.59 Å². The van der Waals surface area contributed by atoms with E-state index in [2.05, 4.69) is 15.2 Å². The molecule has 2 aromatic rings. The van der Waals surface area contributed by atoms with Crippen molar-refractivity contribution in [3.8, 4) is 0 Å². The van der Waals surface area contributed by atoms with Gasteiger partial charge in [0.05, 0.1) is 12.5 Å². The first-order valence-corrected chi connectivity index (χ1v) is 12.6. The number of amides is 2. The Morgan fingerprint density at radius 2 is 1.85 bits per heavy atom. The van der Waals surface area contributed by atoms with Crippen LogP contribution >= 0.6 is 23.8 Å². The molecule has 1 aromatic carbocycles. The minimum atomic E-state index is -0.149. The van der Waals surface area contributed by atoms with Gasteiger partial charge in [-0.15, -0.1) is 0 Å². The van der Waals surface area contributed by atoms with E-state index in [1.807, 2.05) is 47.4 Å². The molecule has 3 atom stereocenters. The minimum Gasteiger partial charge on any atom is -0.359 e. The van der Waals surface area contributed by atoms with Crippen LogP contribution in [0.4, 0.5) is 5.82 Å². The molecule has 2 aliphatic heterocycles. The smallest absolute Gasteiger partial charge is 0.234 e. The number of halogens is 1. The molecule has 1 N–H and O–H groups in total. The predicted molar refractivity (Wildman–Crippen MR) is 135 cm³/mol. The lowest BCUT2D eigenvalue weighted by Gasteiger charge is -2.44. The number of piperazine rings is 1. The molecule has 3 aliphatic rings. The Morgan fingerprint density at radius 1 is 1.09 bits per heavy atom. The maximum atomic E-state index is 13.3. The fourth-order valence-electron chi connectivity index (χ4n) is 5.26. The van der Waals surface area contributed by atoms with Crippen molar-refractivity contribution >= 4 is 46.6 Å². The van der Waals surface area contributed by atoms with Gasteiger partial charge in [0.2, 0.25) is 11.8 Å². The van der Waals surface area contributed by atoms with Crippen LogP contribution in [0.3, 0.4) is 0 Å². The number of nitrogens with one attached hydrogen (secondary N) is 1. The zero-order chi connectivity index (χ0) is 23.7. The summed E-state index contributed by atoms with van der Waals surface area (Å²) in [5.41, 5.74) is 0.981. The number of hydrogen-bond acceptors (Lipinski definition) is 5. The highest BCUT2D eigenvalue weighted by molar-refractivity contribution is 7.80. The molecule has 1 aromatic heterocycles. The van der Waals surface area contributed by atoms with Crippen LogP contribution in [0.5, 0.6) is 0 Å². The Labute approximate surface area is 210 Å². The second kappa shape index (κ2) is 9.88. The molecule has 178 valence electrons. The summed E-state index contributed by atoms with van der Waals surface area (Å²) in [6, 6.07) is 13.3. The van der Waals surface area contributed by atoms with Crippen LogP contribution in [0, 0.1) is 11.8 Å². The highest BCUT2D eigenvalue weighted by atomic mass is 35.5. The summed E-state index contributed by atoms with van der Waals surface area (Å²) in [7, 11) is 0. The van der Waals surface area contributed by atoms with Crippen LogP contribution in [0.15, 0.2) is 48.7 Å². The molecule has 9 heteroatoms. The van der Waals surface area contributed by atoms with Gasteiger partial charge in [-0.05, 0) is 61.3 Å². The van der Waals surface area contributed by atoms with Crippen molar-refractivity contribution in [3.05, 3.63) is 59.2 Å². The van der Waals surface area contributed by atoms with Crippen molar-refractivity contribution in [2.75, 3.05) is 31.1 Å². The molecule has 0 radical (unpaired) electrons. The zero-order valence-electron chi connectivity index (χ0n) is 18.9. The van der Waals surface area contributed by atoms with Gasteiger partial charge in [-0.3, -0.25) is 14.5 Å². The van der Waals surface area contributed by atoms with Crippen molar-refractivity contribution in [2.24, 2.45) is 11.8 Å². The summed E-state index contributed by atoms with van der Waals surface area (Å²) in [5, 5.41) is 4.48. The molecular formula is C25H28ClN5O2S. The van der Waals surface area contributed by atoms with Gasteiger partial charge in [0.1, 0.15) is 5.82 Å². The topological polar surface area (TPSA) is 68.8 Å². The number of rotatable bonds is 4. The van der Waals surface area contributed by atoms with Gasteiger partial charge in [0.15, 0.2) is 5.11 Å². The molecule has 7 nitrogen and oxygen atoms in total. The van der Waals surface area contributed by atoms with E-state index < -0.39 is 0 Å². The number of hydrogen-bond donors (Lipinski definition) is 1. The fourth-order valence-corrected chi connectivity index (χ4v) is 5.70. The van der Waals surface area contributed by atoms with E-state index in [1.165, 1.54) is 0 Å². The maximum Gasteiger partial charge on any atom is 0.234 e. The summed E-state index contributed by atoms with van der Waals surface area (Å²) in [6.07, 6.45) is 3.87. The largest absolute Gasteiger partial charge is 0.359 e. The third-order valence-corrected chi connectivity index (χ3v) is 7.75. The Bertz CT molecular complexity index is 1060. The summed E-state index contributed by atoms with van der Waals surface area (Å²) in [4.78, 5) is 36.8. The fraction of sp³-hybridized carbons (Fsp3) is 0.440. The Morgan fingerprint density at radius 3 is 2.56 bits per heavy atom. The van der Waals surface area contributed by atoms with Crippen molar-refractivity contribution in [1.29, 1.82) is 0 Å². The second-order valence-corrected chi connectivity index (χ2v) is 10.0. The number of anilines is 1. The number of fused-ring (bicyclic) bond motifs is 1. The number of nitrogens with zero attached hydrogens (tertiary/aromatic N) is 4. The molecule has 3 heterocycles. The second-order valence-electron chi connectivity index (χ2n) is 9.22. The summed E-state index contributed by atoms with van der Waals surface area (Å²) < 4.78 is 0. The Hall–Kier alpha value is -2.71. The third kappa shape index (κ3) is 4.74. The SMILES string of the molecule is O=C(C1CCC2C(=O)N(Cc3ccc(Cl)cc3)C(=S)NC2C1)N1CCN(c2ccccn2)CC1. The molecule has 5 rings (SSSR count). The lowest BCUT2D eigenvalue weighted by Crippen LogP contribution is -2.62. The Balaban J connectivity index is 1.17. The minimum absolute atomic E-state index is 0.0542. The van der Waals surface area contributed by atoms with Crippen LogP contribution in [-0.2, 0) is 16.1 Å². The van der Waals surface area contributed by atoms with Crippen LogP contribution < -0.4 is 10.2 Å². The number of carbonyl (C=O) groups excluding carboxylic acids is 2. The van der Waals surface area contributed by atoms with E-state index in [0.717, 1.165) is 30.9 Å². The molecule has 2 saturated heterocycles. The molecule has 0 spiro atoms. The lowest BCUT2D eigenvalue weighted by atomic mass is 9.76. The molecule has 34 heavy (non-hydrogen) atoms. The number of benzene rings is 1. The van der Waals surface area contributed by atoms with Crippen LogP contribution in [-0.4, -0.2) is 63.9 Å². The third-order valence-electron chi connectivity index (χ3n) is 7.16. The normalized spacial score (nSPS) is 25.1. The van der Waals surface area contributed by atoms with Gasteiger partial charge >= 0.3 is 0 Å².